The van der Waals surface area contributed by atoms with E-state index in [4.69, 9.17) is 15.0 Å². The van der Waals surface area contributed by atoms with E-state index in [1.54, 1.807) is 13.8 Å². The summed E-state index contributed by atoms with van der Waals surface area (Å²) in [7, 11) is 1.26. The first kappa shape index (κ1) is 21.1. The standard InChI is InChI=1S/C18H24N4O6/c1-6-11-13(10(4)28-20-11)17(25)27-8-12(23)14-15(19)22(7-9(2)3)18(26)21(5)16(14)24/h9H,6-8,19H2,1-5H3. The van der Waals surface area contributed by atoms with Crippen molar-refractivity contribution in [1.29, 1.82) is 0 Å². The summed E-state index contributed by atoms with van der Waals surface area (Å²) in [5.74, 6) is -1.48. The van der Waals surface area contributed by atoms with Crippen LogP contribution in [0.25, 0.3) is 0 Å². The largest absolute Gasteiger partial charge is 0.454 e. The Hall–Kier alpha value is -3.17. The molecule has 0 bridgehead atoms. The summed E-state index contributed by atoms with van der Waals surface area (Å²) in [5, 5.41) is 3.76. The number of nitrogens with two attached hydrogens (primary N) is 1. The third kappa shape index (κ3) is 3.90. The molecular formula is C18H24N4O6. The Morgan fingerprint density at radius 2 is 1.89 bits per heavy atom. The number of nitrogens with zero attached hydrogens (tertiary/aromatic N) is 3. The number of esters is 1. The number of hydrogen-bond donors (Lipinski definition) is 1. The Balaban J connectivity index is 2.33. The number of nitrogen functional groups attached to an aromatic ring is 1. The Kier molecular flexibility index (Phi) is 6.22. The minimum Gasteiger partial charge on any atom is -0.454 e. The van der Waals surface area contributed by atoms with Crippen molar-refractivity contribution in [3.63, 3.8) is 0 Å². The first-order valence-electron chi connectivity index (χ1n) is 8.84. The molecule has 2 aromatic rings. The van der Waals surface area contributed by atoms with Crippen LogP contribution < -0.4 is 17.0 Å². The summed E-state index contributed by atoms with van der Waals surface area (Å²) in [6.45, 7) is 6.62. The maximum absolute atomic E-state index is 12.6. The number of Topliss-reactive ketones (excluding diaryl/α,β-unsaturated/α-hetero) is 1. The molecule has 10 nitrogen and oxygen atoms in total. The molecule has 0 atom stereocenters. The molecule has 0 unspecified atom stereocenters. The van der Waals surface area contributed by atoms with Crippen molar-refractivity contribution < 1.29 is 18.8 Å². The van der Waals surface area contributed by atoms with Gasteiger partial charge in [0.05, 0.1) is 5.69 Å². The van der Waals surface area contributed by atoms with Crippen molar-refractivity contribution in [1.82, 2.24) is 14.3 Å². The highest BCUT2D eigenvalue weighted by molar-refractivity contribution is 6.02. The summed E-state index contributed by atoms with van der Waals surface area (Å²) in [5.41, 5.74) is 4.67. The van der Waals surface area contributed by atoms with Crippen LogP contribution >= 0.6 is 0 Å². The van der Waals surface area contributed by atoms with Gasteiger partial charge >= 0.3 is 11.7 Å². The molecule has 2 heterocycles. The minimum atomic E-state index is -0.834. The predicted octanol–water partition coefficient (Wildman–Crippen LogP) is 0.684. The van der Waals surface area contributed by atoms with E-state index in [1.165, 1.54) is 11.6 Å². The third-order valence-corrected chi connectivity index (χ3v) is 4.22. The quantitative estimate of drug-likeness (QED) is 0.536. The fourth-order valence-electron chi connectivity index (χ4n) is 2.78. The summed E-state index contributed by atoms with van der Waals surface area (Å²) in [4.78, 5) is 49.6. The highest BCUT2D eigenvalue weighted by atomic mass is 16.5. The first-order chi connectivity index (χ1) is 13.1. The van der Waals surface area contributed by atoms with Crippen molar-refractivity contribution in [3.05, 3.63) is 43.4 Å². The number of aryl methyl sites for hydroxylation is 2. The zero-order valence-electron chi connectivity index (χ0n) is 16.6. The van der Waals surface area contributed by atoms with Crippen LogP contribution in [0, 0.1) is 12.8 Å². The van der Waals surface area contributed by atoms with Gasteiger partial charge in [-0.1, -0.05) is 25.9 Å². The summed E-state index contributed by atoms with van der Waals surface area (Å²) < 4.78 is 12.0. The average molecular weight is 392 g/mol. The molecule has 2 aromatic heterocycles. The molecule has 0 aliphatic rings. The number of aromatic nitrogens is 3. The number of ether oxygens (including phenoxy) is 1. The molecule has 152 valence electrons. The number of carbonyl (C=O) groups is 2. The van der Waals surface area contributed by atoms with Crippen LogP contribution in [0.1, 0.15) is 52.9 Å². The maximum atomic E-state index is 12.6. The second kappa shape index (κ2) is 8.24. The molecule has 0 aliphatic heterocycles. The number of rotatable bonds is 7. The van der Waals surface area contributed by atoms with Crippen LogP contribution in [0.3, 0.4) is 0 Å². The van der Waals surface area contributed by atoms with Gasteiger partial charge in [-0.15, -0.1) is 0 Å². The molecule has 2 N–H and O–H groups in total. The number of hydrogen-bond acceptors (Lipinski definition) is 8. The van der Waals surface area contributed by atoms with E-state index < -0.39 is 29.6 Å². The molecular weight excluding hydrogens is 368 g/mol. The normalized spacial score (nSPS) is 11.1. The van der Waals surface area contributed by atoms with Crippen LogP contribution in [-0.2, 0) is 24.8 Å². The van der Waals surface area contributed by atoms with Crippen molar-refractivity contribution in [2.75, 3.05) is 12.3 Å². The fraction of sp³-hybridized carbons (Fsp3) is 0.500. The van der Waals surface area contributed by atoms with Crippen molar-refractivity contribution in [2.24, 2.45) is 13.0 Å². The topological polar surface area (TPSA) is 139 Å². The van der Waals surface area contributed by atoms with Gasteiger partial charge < -0.3 is 15.0 Å². The van der Waals surface area contributed by atoms with Crippen LogP contribution in [0.2, 0.25) is 0 Å². The summed E-state index contributed by atoms with van der Waals surface area (Å²) in [6, 6.07) is 0. The van der Waals surface area contributed by atoms with E-state index in [1.807, 2.05) is 13.8 Å². The van der Waals surface area contributed by atoms with E-state index in [-0.39, 0.29) is 35.2 Å². The third-order valence-electron chi connectivity index (χ3n) is 4.22. The zero-order chi connectivity index (χ0) is 21.2. The van der Waals surface area contributed by atoms with Gasteiger partial charge in [0.1, 0.15) is 22.7 Å². The van der Waals surface area contributed by atoms with Gasteiger partial charge in [-0.05, 0) is 19.3 Å². The first-order valence-corrected chi connectivity index (χ1v) is 8.84. The highest BCUT2D eigenvalue weighted by Crippen LogP contribution is 2.16. The molecule has 0 amide bonds. The highest BCUT2D eigenvalue weighted by Gasteiger charge is 2.25. The van der Waals surface area contributed by atoms with Gasteiger partial charge in [-0.25, -0.2) is 9.59 Å². The molecule has 0 fully saturated rings. The lowest BCUT2D eigenvalue weighted by molar-refractivity contribution is 0.0471. The monoisotopic (exact) mass is 392 g/mol. The van der Waals surface area contributed by atoms with Crippen LogP contribution in [-0.4, -0.2) is 32.7 Å². The SMILES string of the molecule is CCc1noc(C)c1C(=O)OCC(=O)c1c(N)n(CC(C)C)c(=O)n(C)c1=O. The van der Waals surface area contributed by atoms with Gasteiger partial charge in [0.25, 0.3) is 5.56 Å². The van der Waals surface area contributed by atoms with Crippen molar-refractivity contribution >= 4 is 17.6 Å². The molecule has 28 heavy (non-hydrogen) atoms. The lowest BCUT2D eigenvalue weighted by Gasteiger charge is -2.16. The Labute approximate surface area is 160 Å². The van der Waals surface area contributed by atoms with Crippen molar-refractivity contribution in [3.8, 4) is 0 Å². The predicted molar refractivity (Wildman–Crippen MR) is 100 cm³/mol. The van der Waals surface area contributed by atoms with Crippen molar-refractivity contribution in [2.45, 2.75) is 40.7 Å². The van der Waals surface area contributed by atoms with Crippen LogP contribution in [0.5, 0.6) is 0 Å². The lowest BCUT2D eigenvalue weighted by atomic mass is 10.1. The van der Waals surface area contributed by atoms with Gasteiger partial charge in [0, 0.05) is 13.6 Å². The molecule has 2 rings (SSSR count). The van der Waals surface area contributed by atoms with E-state index in [2.05, 4.69) is 5.16 Å². The van der Waals surface area contributed by atoms with Crippen LogP contribution in [0.15, 0.2) is 14.1 Å². The van der Waals surface area contributed by atoms with Gasteiger partial charge in [0.2, 0.25) is 5.78 Å². The van der Waals surface area contributed by atoms with E-state index in [0.29, 0.717) is 12.1 Å². The summed E-state index contributed by atoms with van der Waals surface area (Å²) >= 11 is 0. The molecule has 0 spiro atoms. The zero-order valence-corrected chi connectivity index (χ0v) is 16.6. The second-order valence-corrected chi connectivity index (χ2v) is 6.82. The Morgan fingerprint density at radius 1 is 1.25 bits per heavy atom. The summed E-state index contributed by atoms with van der Waals surface area (Å²) in [6.07, 6.45) is 0.448. The van der Waals surface area contributed by atoms with Gasteiger partial charge in [0.15, 0.2) is 6.61 Å². The minimum absolute atomic E-state index is 0.0577. The average Bonchev–Trinajstić information content (AvgIpc) is 3.02. The number of carbonyl (C=O) groups excluding carboxylic acids is 2. The smallest absolute Gasteiger partial charge is 0.344 e. The molecule has 10 heteroatoms. The van der Waals surface area contributed by atoms with E-state index in [9.17, 15) is 19.2 Å². The Bertz CT molecular complexity index is 1030. The number of anilines is 1. The van der Waals surface area contributed by atoms with E-state index >= 15 is 0 Å². The molecule has 0 saturated heterocycles. The van der Waals surface area contributed by atoms with Gasteiger partial charge in [-0.3, -0.25) is 18.7 Å². The molecule has 0 saturated carbocycles. The number of ketones is 1. The molecule has 0 radical (unpaired) electrons. The lowest BCUT2D eigenvalue weighted by Crippen LogP contribution is -2.43. The van der Waals surface area contributed by atoms with E-state index in [0.717, 1.165) is 4.57 Å². The molecule has 0 aliphatic carbocycles. The fourth-order valence-corrected chi connectivity index (χ4v) is 2.78. The maximum Gasteiger partial charge on any atom is 0.344 e. The molecule has 0 aromatic carbocycles. The van der Waals surface area contributed by atoms with Crippen LogP contribution in [0.4, 0.5) is 5.82 Å². The second-order valence-electron chi connectivity index (χ2n) is 6.82. The Morgan fingerprint density at radius 3 is 2.46 bits per heavy atom. The van der Waals surface area contributed by atoms with Gasteiger partial charge in [-0.2, -0.15) is 0 Å².